The molecule has 1 saturated carbocycles. The Labute approximate surface area is 95.0 Å². The minimum absolute atomic E-state index is 0.0104. The molecule has 0 aromatic heterocycles. The molecule has 2 atom stereocenters. The van der Waals surface area contributed by atoms with E-state index in [1.54, 1.807) is 0 Å². The lowest BCUT2D eigenvalue weighted by Gasteiger charge is -2.14. The fourth-order valence-corrected chi connectivity index (χ4v) is 2.20. The molecule has 2 N–H and O–H groups in total. The van der Waals surface area contributed by atoms with Gasteiger partial charge in [0, 0.05) is 25.4 Å². The number of aliphatic carboxylic acids is 1. The van der Waals surface area contributed by atoms with Crippen LogP contribution in [0, 0.1) is 11.8 Å². The number of Topliss-reactive ketones (excluding diaryl/α,β-unsaturated/α-hetero) is 1. The first-order valence-electron chi connectivity index (χ1n) is 5.65. The Morgan fingerprint density at radius 2 is 2.19 bits per heavy atom. The largest absolute Gasteiger partial charge is 0.481 e. The van der Waals surface area contributed by atoms with Gasteiger partial charge in [0.1, 0.15) is 5.78 Å². The summed E-state index contributed by atoms with van der Waals surface area (Å²) in [5.74, 6) is -0.793. The topological polar surface area (TPSA) is 74.6 Å². The van der Waals surface area contributed by atoms with E-state index in [1.807, 2.05) is 12.2 Å². The van der Waals surface area contributed by atoms with Gasteiger partial charge in [-0.05, 0) is 25.2 Å². The van der Waals surface area contributed by atoms with Crippen molar-refractivity contribution in [2.45, 2.75) is 32.1 Å². The zero-order valence-corrected chi connectivity index (χ0v) is 9.26. The molecule has 1 rings (SSSR count). The molecule has 16 heavy (non-hydrogen) atoms. The maximum Gasteiger partial charge on any atom is 0.303 e. The number of carbonyl (C=O) groups is 2. The first kappa shape index (κ1) is 12.9. The van der Waals surface area contributed by atoms with Crippen LogP contribution in [0.3, 0.4) is 0 Å². The standard InChI is InChI=1S/C12H18O4/c13-7-3-1-2-4-10-9(8-12(15)16)5-6-11(10)14/h1-2,9-10,13H,3-8H2,(H,15,16)/b2-1+. The Balaban J connectivity index is 2.46. The van der Waals surface area contributed by atoms with Crippen molar-refractivity contribution in [3.8, 4) is 0 Å². The third-order valence-corrected chi connectivity index (χ3v) is 3.03. The van der Waals surface area contributed by atoms with E-state index in [0.29, 0.717) is 25.7 Å². The molecule has 0 aromatic rings. The first-order valence-corrected chi connectivity index (χ1v) is 5.65. The normalized spacial score (nSPS) is 25.4. The van der Waals surface area contributed by atoms with E-state index in [4.69, 9.17) is 10.2 Å². The molecule has 4 heteroatoms. The Bertz CT molecular complexity index is 283. The number of allylic oxidation sites excluding steroid dienone is 1. The molecule has 0 bridgehead atoms. The molecule has 1 aliphatic carbocycles. The van der Waals surface area contributed by atoms with Crippen LogP contribution in [-0.2, 0) is 9.59 Å². The zero-order chi connectivity index (χ0) is 12.0. The van der Waals surface area contributed by atoms with Crippen LogP contribution in [0.2, 0.25) is 0 Å². The number of hydrogen-bond acceptors (Lipinski definition) is 3. The van der Waals surface area contributed by atoms with Gasteiger partial charge in [-0.3, -0.25) is 9.59 Å². The third-order valence-electron chi connectivity index (χ3n) is 3.03. The summed E-state index contributed by atoms with van der Waals surface area (Å²) in [6.07, 6.45) is 6.20. The predicted molar refractivity (Wildman–Crippen MR) is 58.9 cm³/mol. The second kappa shape index (κ2) is 6.43. The predicted octanol–water partition coefficient (Wildman–Crippen LogP) is 1.39. The highest BCUT2D eigenvalue weighted by Crippen LogP contribution is 2.33. The molecule has 2 unspecified atom stereocenters. The van der Waals surface area contributed by atoms with E-state index >= 15 is 0 Å². The Morgan fingerprint density at radius 3 is 2.81 bits per heavy atom. The molecule has 0 aromatic carbocycles. The molecule has 0 amide bonds. The second-order valence-electron chi connectivity index (χ2n) is 4.19. The van der Waals surface area contributed by atoms with E-state index < -0.39 is 5.97 Å². The number of carboxylic acid groups (broad SMARTS) is 1. The molecule has 1 aliphatic rings. The van der Waals surface area contributed by atoms with Crippen LogP contribution in [0.15, 0.2) is 12.2 Å². The molecule has 0 saturated heterocycles. The number of carbonyl (C=O) groups excluding carboxylic acids is 1. The van der Waals surface area contributed by atoms with E-state index in [9.17, 15) is 9.59 Å². The van der Waals surface area contributed by atoms with Gasteiger partial charge in [0.15, 0.2) is 0 Å². The summed E-state index contributed by atoms with van der Waals surface area (Å²) in [4.78, 5) is 22.2. The number of carboxylic acids is 1. The van der Waals surface area contributed by atoms with Crippen molar-refractivity contribution in [3.05, 3.63) is 12.2 Å². The highest BCUT2D eigenvalue weighted by atomic mass is 16.4. The molecule has 0 heterocycles. The van der Waals surface area contributed by atoms with Crippen LogP contribution in [0.4, 0.5) is 0 Å². The number of rotatable bonds is 6. The number of aliphatic hydroxyl groups is 1. The summed E-state index contributed by atoms with van der Waals surface area (Å²) in [5.41, 5.74) is 0. The lowest BCUT2D eigenvalue weighted by Crippen LogP contribution is -2.17. The van der Waals surface area contributed by atoms with Crippen molar-refractivity contribution in [1.82, 2.24) is 0 Å². The van der Waals surface area contributed by atoms with Crippen molar-refractivity contribution in [3.63, 3.8) is 0 Å². The average molecular weight is 226 g/mol. The number of aliphatic hydroxyl groups excluding tert-OH is 1. The summed E-state index contributed by atoms with van der Waals surface area (Å²) in [6, 6.07) is 0. The minimum atomic E-state index is -0.830. The third kappa shape index (κ3) is 3.77. The zero-order valence-electron chi connectivity index (χ0n) is 9.26. The van der Waals surface area contributed by atoms with E-state index in [-0.39, 0.29) is 30.6 Å². The van der Waals surface area contributed by atoms with Gasteiger partial charge < -0.3 is 10.2 Å². The van der Waals surface area contributed by atoms with E-state index in [0.717, 1.165) is 0 Å². The highest BCUT2D eigenvalue weighted by molar-refractivity contribution is 5.84. The molecule has 90 valence electrons. The van der Waals surface area contributed by atoms with Crippen LogP contribution in [0.1, 0.15) is 32.1 Å². The highest BCUT2D eigenvalue weighted by Gasteiger charge is 2.34. The molecular formula is C12H18O4. The van der Waals surface area contributed by atoms with Crippen molar-refractivity contribution in [2.75, 3.05) is 6.61 Å². The summed E-state index contributed by atoms with van der Waals surface area (Å²) >= 11 is 0. The van der Waals surface area contributed by atoms with Gasteiger partial charge >= 0.3 is 5.97 Å². The summed E-state index contributed by atoms with van der Waals surface area (Å²) in [6.45, 7) is 0.105. The van der Waals surface area contributed by atoms with Gasteiger partial charge in [-0.2, -0.15) is 0 Å². The molecular weight excluding hydrogens is 208 g/mol. The van der Waals surface area contributed by atoms with Crippen LogP contribution in [0.25, 0.3) is 0 Å². The van der Waals surface area contributed by atoms with Crippen LogP contribution < -0.4 is 0 Å². The maximum absolute atomic E-state index is 11.6. The quantitative estimate of drug-likeness (QED) is 0.671. The fraction of sp³-hybridized carbons (Fsp3) is 0.667. The Morgan fingerprint density at radius 1 is 1.44 bits per heavy atom. The summed E-state index contributed by atoms with van der Waals surface area (Å²) in [7, 11) is 0. The van der Waals surface area contributed by atoms with Gasteiger partial charge in [0.2, 0.25) is 0 Å². The summed E-state index contributed by atoms with van der Waals surface area (Å²) < 4.78 is 0. The molecule has 1 fully saturated rings. The molecule has 0 aliphatic heterocycles. The molecule has 4 nitrogen and oxygen atoms in total. The van der Waals surface area contributed by atoms with Gasteiger partial charge in [0.25, 0.3) is 0 Å². The van der Waals surface area contributed by atoms with Crippen LogP contribution in [0.5, 0.6) is 0 Å². The van der Waals surface area contributed by atoms with Gasteiger partial charge in [0.05, 0.1) is 0 Å². The fourth-order valence-electron chi connectivity index (χ4n) is 2.20. The Kier molecular flexibility index (Phi) is 5.19. The minimum Gasteiger partial charge on any atom is -0.481 e. The van der Waals surface area contributed by atoms with Crippen LogP contribution >= 0.6 is 0 Å². The van der Waals surface area contributed by atoms with Crippen molar-refractivity contribution >= 4 is 11.8 Å². The second-order valence-corrected chi connectivity index (χ2v) is 4.19. The lowest BCUT2D eigenvalue weighted by atomic mass is 9.89. The number of ketones is 1. The van der Waals surface area contributed by atoms with Gasteiger partial charge in [-0.25, -0.2) is 0 Å². The molecule has 0 radical (unpaired) electrons. The van der Waals surface area contributed by atoms with Crippen molar-refractivity contribution in [1.29, 1.82) is 0 Å². The van der Waals surface area contributed by atoms with E-state index in [2.05, 4.69) is 0 Å². The van der Waals surface area contributed by atoms with Crippen LogP contribution in [-0.4, -0.2) is 28.6 Å². The Hall–Kier alpha value is -1.16. The molecule has 0 spiro atoms. The summed E-state index contributed by atoms with van der Waals surface area (Å²) in [5, 5.41) is 17.3. The smallest absolute Gasteiger partial charge is 0.303 e. The SMILES string of the molecule is O=C(O)CC1CCC(=O)C1C/C=C/CCO. The number of hydrogen-bond donors (Lipinski definition) is 2. The van der Waals surface area contributed by atoms with E-state index in [1.165, 1.54) is 0 Å². The van der Waals surface area contributed by atoms with Gasteiger partial charge in [-0.1, -0.05) is 12.2 Å². The van der Waals surface area contributed by atoms with Gasteiger partial charge in [-0.15, -0.1) is 0 Å². The average Bonchev–Trinajstić information content (AvgIpc) is 2.55. The maximum atomic E-state index is 11.6. The van der Waals surface area contributed by atoms with Crippen molar-refractivity contribution < 1.29 is 19.8 Å². The van der Waals surface area contributed by atoms with Crippen molar-refractivity contribution in [2.24, 2.45) is 11.8 Å². The lowest BCUT2D eigenvalue weighted by molar-refractivity contribution is -0.138. The monoisotopic (exact) mass is 226 g/mol. The first-order chi connectivity index (χ1) is 7.65.